The van der Waals surface area contributed by atoms with Gasteiger partial charge in [-0.1, -0.05) is 44.2 Å². The number of fused-ring (bicyclic) bond motifs is 2. The second-order valence-electron chi connectivity index (χ2n) is 6.81. The van der Waals surface area contributed by atoms with E-state index in [-0.39, 0.29) is 0 Å². The zero-order valence-corrected chi connectivity index (χ0v) is 14.6. The number of furan rings is 1. The standard InChI is InChI=1S/C22H21NO/c1-13(2)17-11-14(3)21-16(12-17)9-10-19(23-21)22-15(4)18-7-5-6-8-20(18)24-22/h5-13H,1-4H3. The van der Waals surface area contributed by atoms with Gasteiger partial charge in [0.25, 0.3) is 0 Å². The molecule has 0 aliphatic heterocycles. The van der Waals surface area contributed by atoms with Crippen molar-refractivity contribution >= 4 is 21.9 Å². The van der Waals surface area contributed by atoms with Crippen LogP contribution >= 0.6 is 0 Å². The third kappa shape index (κ3) is 2.30. The molecular formula is C22H21NO. The largest absolute Gasteiger partial charge is 0.454 e. The number of pyridine rings is 1. The van der Waals surface area contributed by atoms with Crippen LogP contribution in [-0.2, 0) is 0 Å². The highest BCUT2D eigenvalue weighted by Crippen LogP contribution is 2.33. The summed E-state index contributed by atoms with van der Waals surface area (Å²) in [6.45, 7) is 8.68. The van der Waals surface area contributed by atoms with E-state index in [9.17, 15) is 0 Å². The van der Waals surface area contributed by atoms with E-state index in [0.29, 0.717) is 5.92 Å². The molecule has 0 aliphatic rings. The monoisotopic (exact) mass is 315 g/mol. The van der Waals surface area contributed by atoms with Gasteiger partial charge in [-0.2, -0.15) is 0 Å². The van der Waals surface area contributed by atoms with Gasteiger partial charge in [0.1, 0.15) is 11.3 Å². The van der Waals surface area contributed by atoms with Gasteiger partial charge >= 0.3 is 0 Å². The van der Waals surface area contributed by atoms with Crippen molar-refractivity contribution in [1.29, 1.82) is 0 Å². The number of rotatable bonds is 2. The summed E-state index contributed by atoms with van der Waals surface area (Å²) in [4.78, 5) is 4.91. The second-order valence-corrected chi connectivity index (χ2v) is 6.81. The summed E-state index contributed by atoms with van der Waals surface area (Å²) in [5.74, 6) is 1.39. The molecule has 0 aliphatic carbocycles. The Morgan fingerprint density at radius 3 is 2.50 bits per heavy atom. The van der Waals surface area contributed by atoms with Gasteiger partial charge < -0.3 is 4.42 Å². The SMILES string of the molecule is Cc1c(-c2ccc3cc(C(C)C)cc(C)c3n2)oc2ccccc12. The maximum absolute atomic E-state index is 6.07. The number of benzene rings is 2. The molecule has 0 amide bonds. The lowest BCUT2D eigenvalue weighted by molar-refractivity contribution is 0.626. The first kappa shape index (κ1) is 14.9. The minimum Gasteiger partial charge on any atom is -0.454 e. The van der Waals surface area contributed by atoms with Crippen molar-refractivity contribution in [2.45, 2.75) is 33.6 Å². The van der Waals surface area contributed by atoms with E-state index in [1.165, 1.54) is 16.5 Å². The van der Waals surface area contributed by atoms with E-state index < -0.39 is 0 Å². The molecule has 0 fully saturated rings. The Bertz CT molecular complexity index is 1060. The van der Waals surface area contributed by atoms with Crippen molar-refractivity contribution in [3.8, 4) is 11.5 Å². The van der Waals surface area contributed by atoms with Crippen LogP contribution in [0, 0.1) is 13.8 Å². The molecule has 24 heavy (non-hydrogen) atoms. The summed E-state index contributed by atoms with van der Waals surface area (Å²) < 4.78 is 6.07. The number of aromatic nitrogens is 1. The van der Waals surface area contributed by atoms with Crippen LogP contribution in [0.3, 0.4) is 0 Å². The van der Waals surface area contributed by atoms with Gasteiger partial charge in [-0.05, 0) is 49.1 Å². The first-order chi connectivity index (χ1) is 11.5. The molecule has 0 radical (unpaired) electrons. The molecule has 0 unspecified atom stereocenters. The van der Waals surface area contributed by atoms with E-state index in [0.717, 1.165) is 33.5 Å². The highest BCUT2D eigenvalue weighted by atomic mass is 16.3. The van der Waals surface area contributed by atoms with Crippen LogP contribution in [0.15, 0.2) is 52.9 Å². The van der Waals surface area contributed by atoms with Crippen LogP contribution in [0.4, 0.5) is 0 Å². The Morgan fingerprint density at radius 2 is 1.75 bits per heavy atom. The Balaban J connectivity index is 1.92. The molecule has 0 saturated carbocycles. The average Bonchev–Trinajstić information content (AvgIpc) is 2.92. The molecule has 2 aromatic heterocycles. The Labute approximate surface area is 142 Å². The molecule has 4 rings (SSSR count). The molecule has 2 nitrogen and oxygen atoms in total. The molecule has 0 N–H and O–H groups in total. The van der Waals surface area contributed by atoms with Crippen LogP contribution in [-0.4, -0.2) is 4.98 Å². The average molecular weight is 315 g/mol. The topological polar surface area (TPSA) is 26.0 Å². The van der Waals surface area contributed by atoms with Crippen molar-refractivity contribution in [3.05, 3.63) is 65.2 Å². The van der Waals surface area contributed by atoms with E-state index in [1.54, 1.807) is 0 Å². The third-order valence-electron chi connectivity index (χ3n) is 4.75. The zero-order chi connectivity index (χ0) is 16.8. The zero-order valence-electron chi connectivity index (χ0n) is 14.6. The fraction of sp³-hybridized carbons (Fsp3) is 0.227. The van der Waals surface area contributed by atoms with Crippen molar-refractivity contribution in [1.82, 2.24) is 4.98 Å². The molecule has 4 aromatic rings. The minimum atomic E-state index is 0.519. The van der Waals surface area contributed by atoms with Crippen LogP contribution in [0.1, 0.15) is 36.5 Å². The quantitative estimate of drug-likeness (QED) is 0.428. The molecule has 2 heteroatoms. The lowest BCUT2D eigenvalue weighted by Crippen LogP contribution is -1.93. The summed E-state index contributed by atoms with van der Waals surface area (Å²) in [7, 11) is 0. The Hall–Kier alpha value is -2.61. The first-order valence-corrected chi connectivity index (χ1v) is 8.44. The van der Waals surface area contributed by atoms with Crippen LogP contribution in [0.25, 0.3) is 33.3 Å². The maximum atomic E-state index is 6.07. The van der Waals surface area contributed by atoms with Crippen LogP contribution < -0.4 is 0 Å². The fourth-order valence-electron chi connectivity index (χ4n) is 3.32. The van der Waals surface area contributed by atoms with Crippen LogP contribution in [0.5, 0.6) is 0 Å². The van der Waals surface area contributed by atoms with Crippen molar-refractivity contribution in [2.24, 2.45) is 0 Å². The Kier molecular flexibility index (Phi) is 3.42. The van der Waals surface area contributed by atoms with Gasteiger partial charge in [0, 0.05) is 16.3 Å². The molecule has 0 bridgehead atoms. The lowest BCUT2D eigenvalue weighted by Gasteiger charge is -2.10. The highest BCUT2D eigenvalue weighted by molar-refractivity contribution is 5.89. The van der Waals surface area contributed by atoms with E-state index in [1.807, 2.05) is 18.2 Å². The molecule has 0 spiro atoms. The molecule has 0 saturated heterocycles. The lowest BCUT2D eigenvalue weighted by atomic mass is 9.98. The van der Waals surface area contributed by atoms with Crippen molar-refractivity contribution in [3.63, 3.8) is 0 Å². The molecule has 120 valence electrons. The summed E-state index contributed by atoms with van der Waals surface area (Å²) in [5, 5.41) is 2.34. The molecule has 0 atom stereocenters. The van der Waals surface area contributed by atoms with E-state index in [2.05, 4.69) is 58.0 Å². The predicted octanol–water partition coefficient (Wildman–Crippen LogP) is 6.39. The summed E-state index contributed by atoms with van der Waals surface area (Å²) >= 11 is 0. The molecule has 2 heterocycles. The fourth-order valence-corrected chi connectivity index (χ4v) is 3.32. The smallest absolute Gasteiger partial charge is 0.156 e. The van der Waals surface area contributed by atoms with Crippen molar-refractivity contribution in [2.75, 3.05) is 0 Å². The number of nitrogens with zero attached hydrogens (tertiary/aromatic N) is 1. The number of hydrogen-bond acceptors (Lipinski definition) is 2. The molecule has 2 aromatic carbocycles. The van der Waals surface area contributed by atoms with Gasteiger partial charge in [-0.25, -0.2) is 4.98 Å². The number of hydrogen-bond donors (Lipinski definition) is 0. The van der Waals surface area contributed by atoms with Gasteiger partial charge in [0.15, 0.2) is 5.76 Å². The number of aryl methyl sites for hydroxylation is 2. The third-order valence-corrected chi connectivity index (χ3v) is 4.75. The van der Waals surface area contributed by atoms with Gasteiger partial charge in [-0.15, -0.1) is 0 Å². The first-order valence-electron chi connectivity index (χ1n) is 8.44. The minimum absolute atomic E-state index is 0.519. The maximum Gasteiger partial charge on any atom is 0.156 e. The Morgan fingerprint density at radius 1 is 0.958 bits per heavy atom. The normalized spacial score (nSPS) is 11.7. The summed E-state index contributed by atoms with van der Waals surface area (Å²) in [6, 6.07) is 16.9. The van der Waals surface area contributed by atoms with Crippen molar-refractivity contribution < 1.29 is 4.42 Å². The van der Waals surface area contributed by atoms with Gasteiger partial charge in [0.05, 0.1) is 5.52 Å². The second kappa shape index (κ2) is 5.48. The summed E-state index contributed by atoms with van der Waals surface area (Å²) in [6.07, 6.45) is 0. The van der Waals surface area contributed by atoms with Gasteiger partial charge in [-0.3, -0.25) is 0 Å². The van der Waals surface area contributed by atoms with E-state index in [4.69, 9.17) is 9.40 Å². The molecular weight excluding hydrogens is 294 g/mol. The van der Waals surface area contributed by atoms with E-state index >= 15 is 0 Å². The number of para-hydroxylation sites is 1. The van der Waals surface area contributed by atoms with Gasteiger partial charge in [0.2, 0.25) is 0 Å². The summed E-state index contributed by atoms with van der Waals surface area (Å²) in [5.41, 5.74) is 6.59. The highest BCUT2D eigenvalue weighted by Gasteiger charge is 2.14. The van der Waals surface area contributed by atoms with Crippen LogP contribution in [0.2, 0.25) is 0 Å². The predicted molar refractivity (Wildman–Crippen MR) is 101 cm³/mol.